The van der Waals surface area contributed by atoms with Gasteiger partial charge in [-0.1, -0.05) is 31.2 Å². The molecule has 1 N–H and O–H groups in total. The Bertz CT molecular complexity index is 505. The van der Waals surface area contributed by atoms with Gasteiger partial charge in [0.05, 0.1) is 0 Å². The molecule has 0 spiro atoms. The topological polar surface area (TPSA) is 46.2 Å². The Morgan fingerprint density at radius 2 is 1.78 bits per heavy atom. The number of carbonyl (C=O) groups is 2. The van der Waals surface area contributed by atoms with Gasteiger partial charge in [0.1, 0.15) is 0 Å². The van der Waals surface area contributed by atoms with Gasteiger partial charge < -0.3 is 0 Å². The van der Waals surface area contributed by atoms with Gasteiger partial charge >= 0.3 is 0 Å². The van der Waals surface area contributed by atoms with Crippen LogP contribution in [0.4, 0.5) is 0 Å². The lowest BCUT2D eigenvalue weighted by Crippen LogP contribution is -2.43. The van der Waals surface area contributed by atoms with Crippen molar-refractivity contribution in [3.8, 4) is 0 Å². The molecule has 2 atom stereocenters. The number of carbonyl (C=O) groups excluding carboxylic acids is 2. The summed E-state index contributed by atoms with van der Waals surface area (Å²) in [7, 11) is 0. The maximum atomic E-state index is 11.8. The quantitative estimate of drug-likeness (QED) is 0.810. The molecule has 2 aliphatic rings. The Labute approximate surface area is 107 Å². The van der Waals surface area contributed by atoms with E-state index in [0.29, 0.717) is 12.3 Å². The third-order valence-electron chi connectivity index (χ3n) is 4.10. The Kier molecular flexibility index (Phi) is 2.69. The van der Waals surface area contributed by atoms with Crippen LogP contribution in [0.3, 0.4) is 0 Å². The van der Waals surface area contributed by atoms with E-state index in [1.807, 2.05) is 19.1 Å². The summed E-state index contributed by atoms with van der Waals surface area (Å²) < 4.78 is 0. The summed E-state index contributed by atoms with van der Waals surface area (Å²) in [5.41, 5.74) is 2.55. The minimum Gasteiger partial charge on any atom is -0.296 e. The molecule has 2 unspecified atom stereocenters. The van der Waals surface area contributed by atoms with Crippen molar-refractivity contribution in [1.29, 1.82) is 0 Å². The predicted molar refractivity (Wildman–Crippen MR) is 68.1 cm³/mol. The van der Waals surface area contributed by atoms with Crippen molar-refractivity contribution in [3.05, 3.63) is 35.4 Å². The number of benzene rings is 1. The number of rotatable bonds is 2. The molecule has 1 aliphatic carbocycles. The number of amides is 2. The minimum atomic E-state index is -0.145. The lowest BCUT2D eigenvalue weighted by atomic mass is 9.79. The van der Waals surface area contributed by atoms with E-state index in [0.717, 1.165) is 0 Å². The summed E-state index contributed by atoms with van der Waals surface area (Å²) in [5.74, 6) is 0.287. The summed E-state index contributed by atoms with van der Waals surface area (Å²) in [6.45, 7) is 1.91. The second kappa shape index (κ2) is 4.23. The molecule has 3 nitrogen and oxygen atoms in total. The molecule has 1 aromatic rings. The van der Waals surface area contributed by atoms with Crippen molar-refractivity contribution in [1.82, 2.24) is 5.32 Å². The molecule has 0 radical (unpaired) electrons. The first-order valence-electron chi connectivity index (χ1n) is 6.59. The maximum Gasteiger partial charge on any atom is 0.230 e. The summed E-state index contributed by atoms with van der Waals surface area (Å²) in [6, 6.07) is 8.29. The highest BCUT2D eigenvalue weighted by Crippen LogP contribution is 2.45. The summed E-state index contributed by atoms with van der Waals surface area (Å²) >= 11 is 0. The van der Waals surface area contributed by atoms with Crippen LogP contribution in [0.25, 0.3) is 0 Å². The van der Waals surface area contributed by atoms with Gasteiger partial charge in [0, 0.05) is 18.3 Å². The SMILES string of the molecule is CC1C(=O)NC(=O)CC1c1ccccc1C1CC1. The molecule has 3 heteroatoms. The lowest BCUT2D eigenvalue weighted by Gasteiger charge is -2.29. The van der Waals surface area contributed by atoms with E-state index in [2.05, 4.69) is 17.4 Å². The highest BCUT2D eigenvalue weighted by atomic mass is 16.2. The molecule has 18 heavy (non-hydrogen) atoms. The van der Waals surface area contributed by atoms with Crippen LogP contribution >= 0.6 is 0 Å². The predicted octanol–water partition coefficient (Wildman–Crippen LogP) is 2.33. The Balaban J connectivity index is 1.97. The van der Waals surface area contributed by atoms with Crippen molar-refractivity contribution < 1.29 is 9.59 Å². The average molecular weight is 243 g/mol. The van der Waals surface area contributed by atoms with Gasteiger partial charge in [0.25, 0.3) is 0 Å². The average Bonchev–Trinajstić information content (AvgIpc) is 3.18. The van der Waals surface area contributed by atoms with E-state index in [4.69, 9.17) is 0 Å². The number of hydrogen-bond acceptors (Lipinski definition) is 2. The third-order valence-corrected chi connectivity index (χ3v) is 4.10. The zero-order valence-corrected chi connectivity index (χ0v) is 10.5. The first-order valence-corrected chi connectivity index (χ1v) is 6.59. The van der Waals surface area contributed by atoms with Gasteiger partial charge in [-0.05, 0) is 29.9 Å². The fourth-order valence-corrected chi connectivity index (χ4v) is 2.86. The molecule has 2 fully saturated rings. The molecule has 1 saturated carbocycles. The fourth-order valence-electron chi connectivity index (χ4n) is 2.86. The van der Waals surface area contributed by atoms with Crippen LogP contribution < -0.4 is 5.32 Å². The van der Waals surface area contributed by atoms with Gasteiger partial charge in [-0.3, -0.25) is 14.9 Å². The van der Waals surface area contributed by atoms with Gasteiger partial charge in [0.15, 0.2) is 0 Å². The number of imide groups is 1. The lowest BCUT2D eigenvalue weighted by molar-refractivity contribution is -0.136. The van der Waals surface area contributed by atoms with Crippen molar-refractivity contribution >= 4 is 11.8 Å². The highest BCUT2D eigenvalue weighted by Gasteiger charge is 2.36. The highest BCUT2D eigenvalue weighted by molar-refractivity contribution is 5.99. The molecule has 94 valence electrons. The van der Waals surface area contributed by atoms with Crippen molar-refractivity contribution in [2.24, 2.45) is 5.92 Å². The van der Waals surface area contributed by atoms with E-state index in [1.54, 1.807) is 0 Å². The molecule has 0 bridgehead atoms. The molecule has 3 rings (SSSR count). The van der Waals surface area contributed by atoms with Gasteiger partial charge in [-0.25, -0.2) is 0 Å². The molecule has 1 aromatic carbocycles. The molecule has 1 saturated heterocycles. The van der Waals surface area contributed by atoms with E-state index >= 15 is 0 Å². The van der Waals surface area contributed by atoms with E-state index < -0.39 is 0 Å². The smallest absolute Gasteiger partial charge is 0.230 e. The Morgan fingerprint density at radius 1 is 1.11 bits per heavy atom. The number of hydrogen-bond donors (Lipinski definition) is 1. The van der Waals surface area contributed by atoms with Gasteiger partial charge in [0.2, 0.25) is 11.8 Å². The van der Waals surface area contributed by atoms with Crippen LogP contribution in [0.5, 0.6) is 0 Å². The standard InChI is InChI=1S/C15H17NO2/c1-9-13(8-14(17)16-15(9)18)12-5-3-2-4-11(12)10-6-7-10/h2-5,9-10,13H,6-8H2,1H3,(H,16,17,18). The molecule has 2 amide bonds. The van der Waals surface area contributed by atoms with Crippen LogP contribution in [0.1, 0.15) is 49.1 Å². The molecular formula is C15H17NO2. The van der Waals surface area contributed by atoms with Crippen LogP contribution in [-0.4, -0.2) is 11.8 Å². The van der Waals surface area contributed by atoms with Crippen LogP contribution in [-0.2, 0) is 9.59 Å². The van der Waals surface area contributed by atoms with Crippen molar-refractivity contribution in [3.63, 3.8) is 0 Å². The zero-order chi connectivity index (χ0) is 12.7. The summed E-state index contributed by atoms with van der Waals surface area (Å²) in [6.07, 6.45) is 2.90. The minimum absolute atomic E-state index is 0.0445. The largest absolute Gasteiger partial charge is 0.296 e. The Hall–Kier alpha value is -1.64. The molecule has 0 aromatic heterocycles. The Morgan fingerprint density at radius 3 is 2.44 bits per heavy atom. The third kappa shape index (κ3) is 1.94. The summed E-state index contributed by atoms with van der Waals surface area (Å²) in [4.78, 5) is 23.3. The number of piperidine rings is 1. The normalized spacial score (nSPS) is 28.1. The fraction of sp³-hybridized carbons (Fsp3) is 0.467. The monoisotopic (exact) mass is 243 g/mol. The first-order chi connectivity index (χ1) is 8.66. The maximum absolute atomic E-state index is 11.8. The molecular weight excluding hydrogens is 226 g/mol. The second-order valence-corrected chi connectivity index (χ2v) is 5.41. The second-order valence-electron chi connectivity index (χ2n) is 5.41. The first kappa shape index (κ1) is 11.5. The van der Waals surface area contributed by atoms with Crippen LogP contribution in [0.2, 0.25) is 0 Å². The van der Waals surface area contributed by atoms with Crippen molar-refractivity contribution in [2.75, 3.05) is 0 Å². The zero-order valence-electron chi connectivity index (χ0n) is 10.5. The molecule has 1 aliphatic heterocycles. The van der Waals surface area contributed by atoms with E-state index in [9.17, 15) is 9.59 Å². The van der Waals surface area contributed by atoms with Gasteiger partial charge in [-0.2, -0.15) is 0 Å². The van der Waals surface area contributed by atoms with Crippen LogP contribution in [0.15, 0.2) is 24.3 Å². The van der Waals surface area contributed by atoms with Gasteiger partial charge in [-0.15, -0.1) is 0 Å². The summed E-state index contributed by atoms with van der Waals surface area (Å²) in [5, 5.41) is 2.42. The van der Waals surface area contributed by atoms with E-state index in [1.165, 1.54) is 24.0 Å². The van der Waals surface area contributed by atoms with Crippen molar-refractivity contribution in [2.45, 2.75) is 38.0 Å². The van der Waals surface area contributed by atoms with Crippen LogP contribution in [0, 0.1) is 5.92 Å². The number of nitrogens with one attached hydrogen (secondary N) is 1. The van der Waals surface area contributed by atoms with E-state index in [-0.39, 0.29) is 23.7 Å². The molecule has 1 heterocycles.